The van der Waals surface area contributed by atoms with E-state index in [9.17, 15) is 23.1 Å². The molecule has 2 aromatic carbocycles. The monoisotopic (exact) mass is 716 g/mol. The third-order valence-corrected chi connectivity index (χ3v) is 11.8. The van der Waals surface area contributed by atoms with Crippen LogP contribution in [0, 0.1) is 11.8 Å². The van der Waals surface area contributed by atoms with Crippen molar-refractivity contribution in [1.82, 2.24) is 13.9 Å². The number of rotatable bonds is 4. The lowest BCUT2D eigenvalue weighted by molar-refractivity contribution is -0.148. The van der Waals surface area contributed by atoms with Gasteiger partial charge in [-0.2, -0.15) is 12.7 Å². The first-order valence-corrected chi connectivity index (χ1v) is 18.8. The molecule has 11 nitrogen and oxygen atoms in total. The van der Waals surface area contributed by atoms with E-state index < -0.39 is 34.0 Å². The summed E-state index contributed by atoms with van der Waals surface area (Å²) in [6, 6.07) is 10.7. The minimum absolute atomic E-state index is 0.0357. The number of anilines is 1. The summed E-state index contributed by atoms with van der Waals surface area (Å²) in [6.07, 6.45) is 9.61. The molecule has 0 radical (unpaired) electrons. The smallest absolute Gasteiger partial charge is 0.303 e. The number of allylic oxidation sites excluding steroid dienone is 1. The number of benzene rings is 2. The van der Waals surface area contributed by atoms with Gasteiger partial charge in [-0.25, -0.2) is 4.72 Å². The van der Waals surface area contributed by atoms with Crippen LogP contribution >= 0.6 is 11.6 Å². The third-order valence-electron chi connectivity index (χ3n) is 10.2. The van der Waals surface area contributed by atoms with Crippen LogP contribution in [0.5, 0.6) is 5.75 Å². The molecule has 3 aliphatic rings. The van der Waals surface area contributed by atoms with Crippen molar-refractivity contribution in [2.24, 2.45) is 11.8 Å². The summed E-state index contributed by atoms with van der Waals surface area (Å²) in [5.41, 5.74) is 0.409. The molecule has 2 N–H and O–H groups in total. The van der Waals surface area contributed by atoms with Crippen LogP contribution in [0.2, 0.25) is 5.02 Å². The molecule has 0 unspecified atom stereocenters. The van der Waals surface area contributed by atoms with E-state index in [0.29, 0.717) is 54.4 Å². The fourth-order valence-electron chi connectivity index (χ4n) is 6.89. The molecule has 1 saturated carbocycles. The molecule has 1 fully saturated rings. The number of hydrogen-bond donors (Lipinski definition) is 2. The van der Waals surface area contributed by atoms with Crippen LogP contribution in [0.4, 0.5) is 5.69 Å². The highest BCUT2D eigenvalue weighted by atomic mass is 35.5. The zero-order valence-corrected chi connectivity index (χ0v) is 30.4. The van der Waals surface area contributed by atoms with Gasteiger partial charge in [-0.1, -0.05) is 35.9 Å². The molecule has 268 valence electrons. The molecule has 5 rings (SSSR count). The minimum Gasteiger partial charge on any atom is -0.487 e. The molecule has 2 amide bonds. The average molecular weight is 717 g/mol. The van der Waals surface area contributed by atoms with E-state index in [1.54, 1.807) is 32.4 Å². The minimum atomic E-state index is -4.28. The second kappa shape index (κ2) is 15.8. The lowest BCUT2D eigenvalue weighted by Gasteiger charge is -2.43. The van der Waals surface area contributed by atoms with Crippen LogP contribution in [0.25, 0.3) is 0 Å². The van der Waals surface area contributed by atoms with Gasteiger partial charge in [0.1, 0.15) is 12.4 Å². The summed E-state index contributed by atoms with van der Waals surface area (Å²) in [5.74, 6) is -0.516. The van der Waals surface area contributed by atoms with Crippen LogP contribution in [0.15, 0.2) is 48.6 Å². The first kappa shape index (κ1) is 37.1. The van der Waals surface area contributed by atoms with Crippen molar-refractivity contribution in [2.75, 3.05) is 52.8 Å². The number of amides is 2. The summed E-state index contributed by atoms with van der Waals surface area (Å²) in [6.45, 7) is 2.04. The Hall–Kier alpha value is -3.16. The number of carbonyl (C=O) groups excluding carboxylic acids is 2. The molecule has 49 heavy (non-hydrogen) atoms. The van der Waals surface area contributed by atoms with Gasteiger partial charge in [0.2, 0.25) is 5.91 Å². The van der Waals surface area contributed by atoms with Crippen LogP contribution in [-0.2, 0) is 43.2 Å². The van der Waals surface area contributed by atoms with E-state index in [1.165, 1.54) is 19.0 Å². The number of aryl methyl sites for hydroxylation is 1. The summed E-state index contributed by atoms with van der Waals surface area (Å²) in [5, 5.41) is 12.9. The first-order valence-electron chi connectivity index (χ1n) is 17.0. The van der Waals surface area contributed by atoms with Gasteiger partial charge in [-0.05, 0) is 97.7 Å². The van der Waals surface area contributed by atoms with Crippen LogP contribution in [-0.4, -0.2) is 88.5 Å². The zero-order chi connectivity index (χ0) is 35.3. The number of aliphatic hydroxyl groups is 1. The Morgan fingerprint density at radius 3 is 2.61 bits per heavy atom. The van der Waals surface area contributed by atoms with Gasteiger partial charge in [0.15, 0.2) is 5.60 Å². The molecular formula is C36H49ClN4O7S. The molecule has 0 aromatic heterocycles. The standard InChI is InChI=1S/C36H49ClN4O7S/c1-39(2)49(45,46)38-35(43)36(44)22-34(42)40(3)18-8-5-6-11-32(47-4)30-16-13-26(30)23-41-19-9-7-10-25-20-29(37)15-12-27(25)24-48-33-17-14-28(36)21-31(33)41/h6,11-12,14-15,17,20-21,26,30,32,44H,5,7-10,13,16,18-19,22-24H2,1-4H3,(H,38,43)/b11-6+/t26-,30+,32-,36+/m0/s1. The van der Waals surface area contributed by atoms with E-state index >= 15 is 0 Å². The van der Waals surface area contributed by atoms with Crippen molar-refractivity contribution in [1.29, 1.82) is 0 Å². The Morgan fingerprint density at radius 1 is 1.10 bits per heavy atom. The highest BCUT2D eigenvalue weighted by molar-refractivity contribution is 7.87. The number of halogens is 1. The number of ether oxygens (including phenoxy) is 2. The van der Waals surface area contributed by atoms with Crippen LogP contribution in [0.3, 0.4) is 0 Å². The Kier molecular flexibility index (Phi) is 12.0. The van der Waals surface area contributed by atoms with E-state index in [-0.39, 0.29) is 18.3 Å². The third kappa shape index (κ3) is 8.60. The second-order valence-corrected chi connectivity index (χ2v) is 16.0. The molecule has 2 aromatic rings. The summed E-state index contributed by atoms with van der Waals surface area (Å²) in [4.78, 5) is 31.1. The quantitative estimate of drug-likeness (QED) is 0.446. The molecule has 2 aliphatic heterocycles. The number of fused-ring (bicyclic) bond motifs is 3. The maximum absolute atomic E-state index is 13.8. The van der Waals surface area contributed by atoms with Crippen molar-refractivity contribution >= 4 is 39.3 Å². The van der Waals surface area contributed by atoms with Gasteiger partial charge in [-0.15, -0.1) is 0 Å². The number of nitrogens with one attached hydrogen (secondary N) is 1. The van der Waals surface area contributed by atoms with Crippen molar-refractivity contribution in [3.8, 4) is 5.75 Å². The van der Waals surface area contributed by atoms with E-state index in [1.807, 2.05) is 22.9 Å². The Labute approximate surface area is 295 Å². The van der Waals surface area contributed by atoms with Gasteiger partial charge in [-0.3, -0.25) is 9.59 Å². The van der Waals surface area contributed by atoms with Crippen molar-refractivity contribution < 1.29 is 32.6 Å². The molecule has 0 saturated heterocycles. The van der Waals surface area contributed by atoms with Gasteiger partial charge >= 0.3 is 10.2 Å². The Bertz CT molecular complexity index is 1650. The highest BCUT2D eigenvalue weighted by Gasteiger charge is 2.44. The first-order chi connectivity index (χ1) is 23.3. The fraction of sp³-hybridized carbons (Fsp3) is 0.556. The lowest BCUT2D eigenvalue weighted by Crippen LogP contribution is -2.51. The highest BCUT2D eigenvalue weighted by Crippen LogP contribution is 2.42. The number of carbonyl (C=O) groups is 2. The summed E-state index contributed by atoms with van der Waals surface area (Å²) in [7, 11) is 1.63. The van der Waals surface area contributed by atoms with Gasteiger partial charge in [0, 0.05) is 52.9 Å². The predicted octanol–water partition coefficient (Wildman–Crippen LogP) is 4.41. The zero-order valence-electron chi connectivity index (χ0n) is 28.9. The van der Waals surface area contributed by atoms with Crippen LogP contribution < -0.4 is 14.4 Å². The SMILES string of the molecule is CO[C@H]1/C=C/CCCN(C)C(=O)C[C@](O)(C(=O)NS(=O)(=O)N(C)C)c2ccc3c(c2)N(CCCCc2cc(Cl)ccc2CO3)C[C@@H]2CC[C@H]21. The topological polar surface area (TPSA) is 129 Å². The van der Waals surface area contributed by atoms with Gasteiger partial charge < -0.3 is 24.4 Å². The molecule has 2 heterocycles. The van der Waals surface area contributed by atoms with E-state index in [0.717, 1.165) is 54.0 Å². The maximum Gasteiger partial charge on any atom is 0.303 e. The van der Waals surface area contributed by atoms with Crippen LogP contribution in [0.1, 0.15) is 61.6 Å². The summed E-state index contributed by atoms with van der Waals surface area (Å²) < 4.78 is 40.8. The van der Waals surface area contributed by atoms with Crippen molar-refractivity contribution in [2.45, 2.75) is 69.7 Å². The molecular weight excluding hydrogens is 668 g/mol. The van der Waals surface area contributed by atoms with Gasteiger partial charge in [0.25, 0.3) is 5.91 Å². The largest absolute Gasteiger partial charge is 0.487 e. The number of methoxy groups -OCH3 is 1. The number of nitrogens with zero attached hydrogens (tertiary/aromatic N) is 3. The molecule has 4 atom stereocenters. The molecule has 1 aliphatic carbocycles. The Morgan fingerprint density at radius 2 is 1.90 bits per heavy atom. The average Bonchev–Trinajstić information content (AvgIpc) is 3.08. The molecule has 2 bridgehead atoms. The van der Waals surface area contributed by atoms with Crippen molar-refractivity contribution in [3.63, 3.8) is 0 Å². The van der Waals surface area contributed by atoms with E-state index in [4.69, 9.17) is 21.1 Å². The normalized spacial score (nSPS) is 26.3. The summed E-state index contributed by atoms with van der Waals surface area (Å²) >= 11 is 6.36. The van der Waals surface area contributed by atoms with E-state index in [2.05, 4.69) is 17.1 Å². The lowest BCUT2D eigenvalue weighted by atomic mass is 9.70. The fourth-order valence-corrected chi connectivity index (χ4v) is 7.67. The van der Waals surface area contributed by atoms with Gasteiger partial charge in [0.05, 0.1) is 18.2 Å². The second-order valence-electron chi connectivity index (χ2n) is 13.6. The number of hydrogen-bond acceptors (Lipinski definition) is 8. The molecule has 13 heteroatoms. The molecule has 0 spiro atoms. The predicted molar refractivity (Wildman–Crippen MR) is 190 cm³/mol. The van der Waals surface area contributed by atoms with Crippen molar-refractivity contribution in [3.05, 3.63) is 70.3 Å². The maximum atomic E-state index is 13.8. The Balaban J connectivity index is 1.62.